The molecule has 0 bridgehead atoms. The molecule has 0 saturated carbocycles. The van der Waals surface area contributed by atoms with Crippen molar-refractivity contribution in [2.45, 2.75) is 37.4 Å². The highest BCUT2D eigenvalue weighted by atomic mass is 32.2. The zero-order valence-corrected chi connectivity index (χ0v) is 17.7. The molecule has 0 unspecified atom stereocenters. The number of nitrogens with zero attached hydrogens (tertiary/aromatic N) is 5. The van der Waals surface area contributed by atoms with Crippen molar-refractivity contribution < 1.29 is 13.2 Å². The van der Waals surface area contributed by atoms with Gasteiger partial charge in [-0.15, -0.1) is 10.2 Å². The van der Waals surface area contributed by atoms with E-state index in [1.807, 2.05) is 23.7 Å². The first kappa shape index (κ1) is 20.8. The molecule has 10 heteroatoms. The number of amides is 1. The predicted molar refractivity (Wildman–Crippen MR) is 109 cm³/mol. The van der Waals surface area contributed by atoms with Crippen molar-refractivity contribution in [1.29, 1.82) is 0 Å². The summed E-state index contributed by atoms with van der Waals surface area (Å²) in [4.78, 5) is 18.6. The first-order chi connectivity index (χ1) is 13.4. The molecule has 0 N–H and O–H groups in total. The first-order valence-corrected chi connectivity index (χ1v) is 12.1. The maximum atomic E-state index is 12.9. The van der Waals surface area contributed by atoms with E-state index in [0.717, 1.165) is 18.4 Å². The topological polar surface area (TPSA) is 98.1 Å². The molecule has 1 fully saturated rings. The number of hydrogen-bond acceptors (Lipinski definition) is 7. The van der Waals surface area contributed by atoms with Crippen LogP contribution in [0.4, 0.5) is 0 Å². The van der Waals surface area contributed by atoms with Crippen LogP contribution in [0.1, 0.15) is 26.2 Å². The highest BCUT2D eigenvalue weighted by Crippen LogP contribution is 2.24. The van der Waals surface area contributed by atoms with E-state index in [1.54, 1.807) is 17.3 Å². The summed E-state index contributed by atoms with van der Waals surface area (Å²) in [6.07, 6.45) is 5.74. The van der Waals surface area contributed by atoms with Gasteiger partial charge in [0.1, 0.15) is 0 Å². The Balaban J connectivity index is 1.67. The van der Waals surface area contributed by atoms with Gasteiger partial charge in [-0.2, -0.15) is 0 Å². The summed E-state index contributed by atoms with van der Waals surface area (Å²) in [5, 5.41) is 9.06. The van der Waals surface area contributed by atoms with Crippen LogP contribution >= 0.6 is 11.8 Å². The number of thioether (sulfide) groups is 1. The minimum absolute atomic E-state index is 0.0472. The van der Waals surface area contributed by atoms with E-state index in [4.69, 9.17) is 0 Å². The van der Waals surface area contributed by atoms with Crippen LogP contribution in [-0.4, -0.2) is 68.8 Å². The Kier molecular flexibility index (Phi) is 6.71. The van der Waals surface area contributed by atoms with Crippen molar-refractivity contribution in [2.75, 3.05) is 23.8 Å². The van der Waals surface area contributed by atoms with E-state index < -0.39 is 9.84 Å². The summed E-state index contributed by atoms with van der Waals surface area (Å²) in [5.74, 6) is 1.11. The molecule has 1 aliphatic heterocycles. The highest BCUT2D eigenvalue weighted by Gasteiger charge is 2.34. The lowest BCUT2D eigenvalue weighted by atomic mass is 10.2. The average molecular weight is 424 g/mol. The lowest BCUT2D eigenvalue weighted by Crippen LogP contribution is -2.42. The molecule has 2 aromatic rings. The molecule has 28 heavy (non-hydrogen) atoms. The Bertz CT molecular complexity index is 915. The van der Waals surface area contributed by atoms with Crippen LogP contribution in [0.15, 0.2) is 29.7 Å². The number of unbranched alkanes of at least 4 members (excludes halogenated alkanes) is 1. The number of sulfone groups is 1. The minimum Gasteiger partial charge on any atom is -0.338 e. The Morgan fingerprint density at radius 3 is 2.71 bits per heavy atom. The number of aromatic nitrogens is 4. The summed E-state index contributed by atoms with van der Waals surface area (Å²) in [6, 6.07) is 3.50. The van der Waals surface area contributed by atoms with Gasteiger partial charge in [0.2, 0.25) is 5.91 Å². The minimum atomic E-state index is -3.03. The molecule has 8 nitrogen and oxygen atoms in total. The van der Waals surface area contributed by atoms with Crippen molar-refractivity contribution >= 4 is 27.5 Å². The largest absolute Gasteiger partial charge is 0.338 e. The summed E-state index contributed by atoms with van der Waals surface area (Å²) in [6.45, 7) is 2.65. The molecule has 0 radical (unpaired) electrons. The molecule has 1 saturated heterocycles. The fraction of sp³-hybridized carbons (Fsp3) is 0.556. The van der Waals surface area contributed by atoms with Gasteiger partial charge < -0.3 is 9.47 Å². The van der Waals surface area contributed by atoms with E-state index in [0.29, 0.717) is 23.9 Å². The van der Waals surface area contributed by atoms with Gasteiger partial charge in [0, 0.05) is 37.6 Å². The Morgan fingerprint density at radius 2 is 2.07 bits per heavy atom. The van der Waals surface area contributed by atoms with Gasteiger partial charge in [0.25, 0.3) is 0 Å². The monoisotopic (exact) mass is 423 g/mol. The molecule has 3 rings (SSSR count). The molecular formula is C18H25N5O3S2. The normalized spacial score (nSPS) is 18.3. The highest BCUT2D eigenvalue weighted by molar-refractivity contribution is 7.99. The van der Waals surface area contributed by atoms with Crippen LogP contribution in [0.5, 0.6) is 0 Å². The lowest BCUT2D eigenvalue weighted by Gasteiger charge is -2.28. The van der Waals surface area contributed by atoms with E-state index in [-0.39, 0.29) is 29.2 Å². The van der Waals surface area contributed by atoms with Gasteiger partial charge in [-0.05, 0) is 25.0 Å². The zero-order valence-electron chi connectivity index (χ0n) is 16.1. The Labute approximate surface area is 169 Å². The molecular weight excluding hydrogens is 398 g/mol. The van der Waals surface area contributed by atoms with Crippen molar-refractivity contribution in [3.63, 3.8) is 0 Å². The van der Waals surface area contributed by atoms with Gasteiger partial charge in [-0.1, -0.05) is 25.1 Å². The van der Waals surface area contributed by atoms with Crippen LogP contribution in [0, 0.1) is 0 Å². The SMILES string of the molecule is CCCCN(C(=O)CSc1nnc(-c2ccncc2)n1C)[C@H]1CCS(=O)(=O)C1. The number of carbonyl (C=O) groups is 1. The third-order valence-electron chi connectivity index (χ3n) is 4.82. The summed E-state index contributed by atoms with van der Waals surface area (Å²) in [7, 11) is -1.17. The molecule has 0 aromatic carbocycles. The van der Waals surface area contributed by atoms with Crippen LogP contribution in [0.25, 0.3) is 11.4 Å². The first-order valence-electron chi connectivity index (χ1n) is 9.33. The second kappa shape index (κ2) is 9.04. The predicted octanol–water partition coefficient (Wildman–Crippen LogP) is 1.78. The molecule has 2 aromatic heterocycles. The number of hydrogen-bond donors (Lipinski definition) is 0. The van der Waals surface area contributed by atoms with Gasteiger partial charge in [-0.3, -0.25) is 9.78 Å². The number of rotatable bonds is 8. The van der Waals surface area contributed by atoms with E-state index in [1.165, 1.54) is 11.8 Å². The van der Waals surface area contributed by atoms with Crippen LogP contribution in [0.3, 0.4) is 0 Å². The lowest BCUT2D eigenvalue weighted by molar-refractivity contribution is -0.130. The Hall–Kier alpha value is -1.94. The zero-order chi connectivity index (χ0) is 20.1. The fourth-order valence-electron chi connectivity index (χ4n) is 3.26. The van der Waals surface area contributed by atoms with E-state index in [9.17, 15) is 13.2 Å². The van der Waals surface area contributed by atoms with Crippen molar-refractivity contribution in [3.05, 3.63) is 24.5 Å². The molecule has 152 valence electrons. The smallest absolute Gasteiger partial charge is 0.233 e. The molecule has 1 atom stereocenters. The molecule has 3 heterocycles. The Morgan fingerprint density at radius 1 is 1.32 bits per heavy atom. The third-order valence-corrected chi connectivity index (χ3v) is 7.58. The number of carbonyl (C=O) groups excluding carboxylic acids is 1. The summed E-state index contributed by atoms with van der Waals surface area (Å²) >= 11 is 1.32. The van der Waals surface area contributed by atoms with Gasteiger partial charge in [-0.25, -0.2) is 8.42 Å². The number of pyridine rings is 1. The second-order valence-electron chi connectivity index (χ2n) is 6.89. The molecule has 1 aliphatic rings. The van der Waals surface area contributed by atoms with Crippen molar-refractivity contribution in [3.8, 4) is 11.4 Å². The maximum Gasteiger partial charge on any atom is 0.233 e. The van der Waals surface area contributed by atoms with Crippen LogP contribution in [-0.2, 0) is 21.7 Å². The van der Waals surface area contributed by atoms with Gasteiger partial charge >= 0.3 is 0 Å². The standard InChI is InChI=1S/C18H25N5O3S2/c1-3-4-10-23(15-7-11-28(25,26)13-15)16(24)12-27-18-21-20-17(22(18)2)14-5-8-19-9-6-14/h5-6,8-9,15H,3-4,7,10-13H2,1-2H3/t15-/m0/s1. The molecule has 1 amide bonds. The fourth-order valence-corrected chi connectivity index (χ4v) is 5.79. The molecule has 0 spiro atoms. The van der Waals surface area contributed by atoms with Gasteiger partial charge in [0.15, 0.2) is 20.8 Å². The average Bonchev–Trinajstić information content (AvgIpc) is 3.23. The second-order valence-corrected chi connectivity index (χ2v) is 10.1. The summed E-state index contributed by atoms with van der Waals surface area (Å²) in [5.41, 5.74) is 0.906. The van der Waals surface area contributed by atoms with Gasteiger partial charge in [0.05, 0.1) is 17.3 Å². The van der Waals surface area contributed by atoms with Crippen LogP contribution < -0.4 is 0 Å². The summed E-state index contributed by atoms with van der Waals surface area (Å²) < 4.78 is 25.5. The quantitative estimate of drug-likeness (QED) is 0.597. The van der Waals surface area contributed by atoms with Crippen LogP contribution in [0.2, 0.25) is 0 Å². The third kappa shape index (κ3) is 4.91. The van der Waals surface area contributed by atoms with Crippen molar-refractivity contribution in [2.24, 2.45) is 7.05 Å². The maximum absolute atomic E-state index is 12.9. The van der Waals surface area contributed by atoms with E-state index in [2.05, 4.69) is 22.1 Å². The van der Waals surface area contributed by atoms with Crippen molar-refractivity contribution in [1.82, 2.24) is 24.6 Å². The molecule has 0 aliphatic carbocycles. The van der Waals surface area contributed by atoms with E-state index >= 15 is 0 Å².